The van der Waals surface area contributed by atoms with Crippen molar-refractivity contribution in [2.75, 3.05) is 24.6 Å². The second-order valence-corrected chi connectivity index (χ2v) is 7.54. The molecule has 7 heteroatoms. The third-order valence-corrected chi connectivity index (χ3v) is 5.59. The molecule has 0 saturated carbocycles. The quantitative estimate of drug-likeness (QED) is 0.700. The Labute approximate surface area is 169 Å². The van der Waals surface area contributed by atoms with Gasteiger partial charge in [-0.05, 0) is 11.1 Å². The summed E-state index contributed by atoms with van der Waals surface area (Å²) in [5, 5.41) is 4.23. The van der Waals surface area contributed by atoms with E-state index in [1.807, 2.05) is 42.1 Å². The number of nitrogens with zero attached hydrogens (tertiary/aromatic N) is 3. The molecule has 0 spiro atoms. The minimum atomic E-state index is 0. The molecule has 2 heterocycles. The molecular formula is C20H23ClN4OS. The maximum Gasteiger partial charge on any atom is 0.248 e. The highest BCUT2D eigenvalue weighted by molar-refractivity contribution is 7.99. The molecule has 2 N–H and O–H groups in total. The molecule has 1 saturated heterocycles. The van der Waals surface area contributed by atoms with Crippen LogP contribution < -0.4 is 5.73 Å². The molecular weight excluding hydrogens is 380 g/mol. The molecule has 0 amide bonds. The molecule has 2 aromatic carbocycles. The predicted octanol–water partition coefficient (Wildman–Crippen LogP) is 3.76. The van der Waals surface area contributed by atoms with Crippen molar-refractivity contribution in [3.8, 4) is 11.4 Å². The van der Waals surface area contributed by atoms with Crippen LogP contribution in [-0.4, -0.2) is 39.6 Å². The lowest BCUT2D eigenvalue weighted by atomic mass is 10.0. The maximum atomic E-state index is 5.71. The van der Waals surface area contributed by atoms with E-state index < -0.39 is 0 Å². The minimum Gasteiger partial charge on any atom is -0.337 e. The monoisotopic (exact) mass is 402 g/mol. The fourth-order valence-electron chi connectivity index (χ4n) is 3.23. The van der Waals surface area contributed by atoms with E-state index in [2.05, 4.69) is 34.3 Å². The molecule has 1 atom stereocenters. The summed E-state index contributed by atoms with van der Waals surface area (Å²) in [7, 11) is 0. The number of hydrogen-bond acceptors (Lipinski definition) is 6. The number of aromatic nitrogens is 2. The van der Waals surface area contributed by atoms with Gasteiger partial charge in [0.15, 0.2) is 0 Å². The zero-order chi connectivity index (χ0) is 17.8. The Morgan fingerprint density at radius 2 is 1.74 bits per heavy atom. The number of benzene rings is 2. The first-order valence-corrected chi connectivity index (χ1v) is 10.0. The fourth-order valence-corrected chi connectivity index (χ4v) is 4.17. The zero-order valence-corrected chi connectivity index (χ0v) is 16.6. The van der Waals surface area contributed by atoms with Crippen molar-refractivity contribution < 1.29 is 4.52 Å². The maximum absolute atomic E-state index is 5.71. The minimum absolute atomic E-state index is 0. The van der Waals surface area contributed by atoms with Crippen molar-refractivity contribution in [2.24, 2.45) is 5.73 Å². The first kappa shape index (κ1) is 19.9. The van der Waals surface area contributed by atoms with Gasteiger partial charge >= 0.3 is 0 Å². The van der Waals surface area contributed by atoms with Gasteiger partial charge in [0.2, 0.25) is 11.7 Å². The van der Waals surface area contributed by atoms with Crippen LogP contribution >= 0.6 is 24.2 Å². The van der Waals surface area contributed by atoms with E-state index in [-0.39, 0.29) is 18.4 Å². The van der Waals surface area contributed by atoms with Gasteiger partial charge in [0.05, 0.1) is 0 Å². The Hall–Kier alpha value is -1.86. The van der Waals surface area contributed by atoms with Crippen LogP contribution in [0.5, 0.6) is 0 Å². The van der Waals surface area contributed by atoms with Crippen molar-refractivity contribution in [2.45, 2.75) is 12.6 Å². The van der Waals surface area contributed by atoms with Gasteiger partial charge in [-0.25, -0.2) is 0 Å². The highest BCUT2D eigenvalue weighted by Gasteiger charge is 2.29. The van der Waals surface area contributed by atoms with Gasteiger partial charge in [0, 0.05) is 36.7 Å². The molecule has 1 unspecified atom stereocenters. The second-order valence-electron chi connectivity index (χ2n) is 6.32. The van der Waals surface area contributed by atoms with Crippen molar-refractivity contribution in [3.63, 3.8) is 0 Å². The lowest BCUT2D eigenvalue weighted by Crippen LogP contribution is -2.36. The van der Waals surface area contributed by atoms with E-state index in [0.29, 0.717) is 18.3 Å². The van der Waals surface area contributed by atoms with Crippen molar-refractivity contribution >= 4 is 24.2 Å². The summed E-state index contributed by atoms with van der Waals surface area (Å²) in [6.45, 7) is 2.57. The topological polar surface area (TPSA) is 68.2 Å². The van der Waals surface area contributed by atoms with Gasteiger partial charge < -0.3 is 10.3 Å². The number of halogens is 1. The van der Waals surface area contributed by atoms with Crippen molar-refractivity contribution in [3.05, 3.63) is 71.6 Å². The molecule has 4 rings (SSSR count). The van der Waals surface area contributed by atoms with Crippen LogP contribution in [0, 0.1) is 0 Å². The van der Waals surface area contributed by atoms with E-state index in [0.717, 1.165) is 35.7 Å². The highest BCUT2D eigenvalue weighted by Crippen LogP contribution is 2.31. The Morgan fingerprint density at radius 1 is 1.04 bits per heavy atom. The Balaban J connectivity index is 0.00000210. The summed E-state index contributed by atoms with van der Waals surface area (Å²) < 4.78 is 5.71. The molecule has 27 heavy (non-hydrogen) atoms. The number of nitrogens with two attached hydrogens (primary N) is 1. The lowest BCUT2D eigenvalue weighted by molar-refractivity contribution is 0.204. The summed E-state index contributed by atoms with van der Waals surface area (Å²) in [4.78, 5) is 7.16. The third-order valence-electron chi connectivity index (χ3n) is 4.65. The number of thioether (sulfide) groups is 1. The molecule has 142 valence electrons. The Kier molecular flexibility index (Phi) is 6.90. The smallest absolute Gasteiger partial charge is 0.248 e. The molecule has 5 nitrogen and oxygen atoms in total. The standard InChI is InChI=1S/C20H22N4OS.ClH/c21-14-15-6-8-17(9-7-15)19-22-20(25-23-19)18(16-4-2-1-3-5-16)24-10-12-26-13-11-24;/h1-9,18H,10-14,21H2;1H. The van der Waals surface area contributed by atoms with Crippen molar-refractivity contribution in [1.29, 1.82) is 0 Å². The van der Waals surface area contributed by atoms with E-state index in [9.17, 15) is 0 Å². The van der Waals surface area contributed by atoms with Crippen molar-refractivity contribution in [1.82, 2.24) is 15.0 Å². The zero-order valence-electron chi connectivity index (χ0n) is 15.0. The lowest BCUT2D eigenvalue weighted by Gasteiger charge is -2.32. The predicted molar refractivity (Wildman–Crippen MR) is 112 cm³/mol. The van der Waals surface area contributed by atoms with Gasteiger partial charge in [-0.1, -0.05) is 59.8 Å². The average Bonchev–Trinajstić information content (AvgIpc) is 3.19. The Bertz CT molecular complexity index is 835. The number of hydrogen-bond donors (Lipinski definition) is 1. The summed E-state index contributed by atoms with van der Waals surface area (Å²) in [5.74, 6) is 3.53. The van der Waals surface area contributed by atoms with Crippen LogP contribution in [0.2, 0.25) is 0 Å². The van der Waals surface area contributed by atoms with E-state index in [1.54, 1.807) is 0 Å². The van der Waals surface area contributed by atoms with Gasteiger partial charge in [-0.15, -0.1) is 12.4 Å². The van der Waals surface area contributed by atoms with Crippen LogP contribution in [-0.2, 0) is 6.54 Å². The van der Waals surface area contributed by atoms with Crippen LogP contribution in [0.3, 0.4) is 0 Å². The summed E-state index contributed by atoms with van der Waals surface area (Å²) in [6.07, 6.45) is 0. The van der Waals surface area contributed by atoms with E-state index in [1.165, 1.54) is 5.56 Å². The highest BCUT2D eigenvalue weighted by atomic mass is 35.5. The normalized spacial score (nSPS) is 15.9. The molecule has 0 aliphatic carbocycles. The second kappa shape index (κ2) is 9.37. The largest absolute Gasteiger partial charge is 0.337 e. The number of rotatable bonds is 5. The van der Waals surface area contributed by atoms with Gasteiger partial charge in [0.1, 0.15) is 6.04 Å². The fraction of sp³-hybridized carbons (Fsp3) is 0.300. The van der Waals surface area contributed by atoms with Crippen LogP contribution in [0.4, 0.5) is 0 Å². The van der Waals surface area contributed by atoms with Crippen LogP contribution in [0.15, 0.2) is 59.1 Å². The molecule has 0 radical (unpaired) electrons. The summed E-state index contributed by atoms with van der Waals surface area (Å²) in [6, 6.07) is 18.4. The van der Waals surface area contributed by atoms with Crippen LogP contribution in [0.25, 0.3) is 11.4 Å². The van der Waals surface area contributed by atoms with E-state index >= 15 is 0 Å². The summed E-state index contributed by atoms with van der Waals surface area (Å²) >= 11 is 1.99. The first-order valence-electron chi connectivity index (χ1n) is 8.85. The van der Waals surface area contributed by atoms with Crippen LogP contribution in [0.1, 0.15) is 23.1 Å². The SMILES string of the molecule is Cl.NCc1ccc(-c2noc(C(c3ccccc3)N3CCSCC3)n2)cc1. The third kappa shape index (κ3) is 4.52. The average molecular weight is 403 g/mol. The first-order chi connectivity index (χ1) is 12.8. The molecule has 3 aromatic rings. The molecule has 1 fully saturated rings. The molecule has 0 bridgehead atoms. The van der Waals surface area contributed by atoms with Gasteiger partial charge in [-0.3, -0.25) is 4.90 Å². The van der Waals surface area contributed by atoms with Gasteiger partial charge in [0.25, 0.3) is 0 Å². The molecule has 1 aromatic heterocycles. The Morgan fingerprint density at radius 3 is 2.41 bits per heavy atom. The summed E-state index contributed by atoms with van der Waals surface area (Å²) in [5.41, 5.74) is 8.89. The van der Waals surface area contributed by atoms with E-state index in [4.69, 9.17) is 15.2 Å². The molecule has 1 aliphatic heterocycles. The molecule has 1 aliphatic rings. The van der Waals surface area contributed by atoms with Gasteiger partial charge in [-0.2, -0.15) is 16.7 Å².